The number of Topliss-reactive ketones (excluding diaryl/α,β-unsaturated/α-hetero) is 1. The summed E-state index contributed by atoms with van der Waals surface area (Å²) in [5, 5.41) is 3.29. The fraction of sp³-hybridized carbons (Fsp3) is 0.500. The zero-order chi connectivity index (χ0) is 12.4. The molecular formula is C14H18BrNO. The Bertz CT molecular complexity index is 436. The molecule has 2 rings (SSSR count). The summed E-state index contributed by atoms with van der Waals surface area (Å²) in [6, 6.07) is 4.06. The maximum Gasteiger partial charge on any atom is 0.167 e. The predicted octanol–water partition coefficient (Wildman–Crippen LogP) is 3.25. The lowest BCUT2D eigenvalue weighted by Gasteiger charge is -2.22. The summed E-state index contributed by atoms with van der Waals surface area (Å²) in [4.78, 5) is 12.4. The van der Waals surface area contributed by atoms with Gasteiger partial charge in [0.1, 0.15) is 0 Å². The lowest BCUT2D eigenvalue weighted by Crippen LogP contribution is -2.32. The van der Waals surface area contributed by atoms with E-state index in [1.807, 2.05) is 12.1 Å². The number of aryl methyl sites for hydroxylation is 2. The zero-order valence-electron chi connectivity index (χ0n) is 10.3. The number of piperidine rings is 1. The Morgan fingerprint density at radius 2 is 1.82 bits per heavy atom. The highest BCUT2D eigenvalue weighted by molar-refractivity contribution is 9.10. The molecule has 0 amide bonds. The van der Waals surface area contributed by atoms with E-state index < -0.39 is 0 Å². The van der Waals surface area contributed by atoms with E-state index in [0.717, 1.165) is 36.0 Å². The third kappa shape index (κ3) is 2.78. The molecule has 1 aliphatic rings. The fourth-order valence-electron chi connectivity index (χ4n) is 2.27. The predicted molar refractivity (Wildman–Crippen MR) is 73.5 cm³/mol. The van der Waals surface area contributed by atoms with Crippen molar-refractivity contribution in [3.8, 4) is 0 Å². The molecule has 0 saturated carbocycles. The molecule has 0 atom stereocenters. The van der Waals surface area contributed by atoms with Crippen molar-refractivity contribution in [3.05, 3.63) is 33.3 Å². The molecule has 2 nitrogen and oxygen atoms in total. The Hall–Kier alpha value is -0.670. The molecule has 0 spiro atoms. The third-order valence-corrected chi connectivity index (χ3v) is 4.21. The van der Waals surface area contributed by atoms with Crippen LogP contribution < -0.4 is 5.32 Å². The van der Waals surface area contributed by atoms with Gasteiger partial charge >= 0.3 is 0 Å². The number of carbonyl (C=O) groups excluding carboxylic acids is 1. The average molecular weight is 296 g/mol. The Morgan fingerprint density at radius 1 is 1.24 bits per heavy atom. The highest BCUT2D eigenvalue weighted by atomic mass is 79.9. The lowest BCUT2D eigenvalue weighted by molar-refractivity contribution is 0.0894. The number of hydrogen-bond donors (Lipinski definition) is 1. The van der Waals surface area contributed by atoms with E-state index in [2.05, 4.69) is 35.1 Å². The van der Waals surface area contributed by atoms with E-state index >= 15 is 0 Å². The van der Waals surface area contributed by atoms with Crippen LogP contribution in [0.15, 0.2) is 16.6 Å². The van der Waals surface area contributed by atoms with Crippen molar-refractivity contribution in [1.29, 1.82) is 0 Å². The second kappa shape index (κ2) is 5.32. The number of rotatable bonds is 2. The van der Waals surface area contributed by atoms with E-state index in [0.29, 0.717) is 5.78 Å². The molecule has 92 valence electrons. The van der Waals surface area contributed by atoms with Gasteiger partial charge < -0.3 is 5.32 Å². The fourth-order valence-corrected chi connectivity index (χ4v) is 2.93. The number of ketones is 1. The van der Waals surface area contributed by atoms with Crippen LogP contribution in [0.25, 0.3) is 0 Å². The molecule has 0 unspecified atom stereocenters. The van der Waals surface area contributed by atoms with Crippen molar-refractivity contribution in [2.45, 2.75) is 26.7 Å². The molecule has 17 heavy (non-hydrogen) atoms. The maximum absolute atomic E-state index is 12.4. The van der Waals surface area contributed by atoms with E-state index in [-0.39, 0.29) is 5.92 Å². The van der Waals surface area contributed by atoms with Crippen LogP contribution in [-0.2, 0) is 0 Å². The number of nitrogens with one attached hydrogen (secondary N) is 1. The minimum absolute atomic E-state index is 0.189. The van der Waals surface area contributed by atoms with Gasteiger partial charge in [-0.2, -0.15) is 0 Å². The van der Waals surface area contributed by atoms with Crippen molar-refractivity contribution in [3.63, 3.8) is 0 Å². The quantitative estimate of drug-likeness (QED) is 0.849. The second-order valence-corrected chi connectivity index (χ2v) is 5.66. The van der Waals surface area contributed by atoms with Crippen LogP contribution in [0, 0.1) is 19.8 Å². The van der Waals surface area contributed by atoms with Gasteiger partial charge in [0.05, 0.1) is 0 Å². The van der Waals surface area contributed by atoms with Gasteiger partial charge in [-0.3, -0.25) is 4.79 Å². The summed E-state index contributed by atoms with van der Waals surface area (Å²) in [6.07, 6.45) is 1.91. The number of halogens is 1. The number of carbonyl (C=O) groups is 1. The molecule has 1 saturated heterocycles. The number of hydrogen-bond acceptors (Lipinski definition) is 2. The van der Waals surface area contributed by atoms with Crippen molar-refractivity contribution < 1.29 is 4.79 Å². The van der Waals surface area contributed by atoms with Crippen LogP contribution in [0.1, 0.15) is 34.3 Å². The highest BCUT2D eigenvalue weighted by Crippen LogP contribution is 2.26. The van der Waals surface area contributed by atoms with Crippen LogP contribution >= 0.6 is 15.9 Å². The first-order chi connectivity index (χ1) is 8.09. The van der Waals surface area contributed by atoms with Crippen molar-refractivity contribution in [2.75, 3.05) is 13.1 Å². The molecule has 0 aromatic heterocycles. The van der Waals surface area contributed by atoms with Crippen molar-refractivity contribution in [1.82, 2.24) is 5.32 Å². The van der Waals surface area contributed by atoms with E-state index in [1.54, 1.807) is 0 Å². The average Bonchev–Trinajstić information content (AvgIpc) is 2.34. The Kier molecular flexibility index (Phi) is 4.00. The molecular weight excluding hydrogens is 278 g/mol. The molecule has 1 aromatic carbocycles. The first-order valence-electron chi connectivity index (χ1n) is 6.11. The maximum atomic E-state index is 12.4. The molecule has 3 heteroatoms. The normalized spacial score (nSPS) is 17.1. The molecule has 1 aliphatic heterocycles. The van der Waals surface area contributed by atoms with Gasteiger partial charge in [-0.1, -0.05) is 15.9 Å². The van der Waals surface area contributed by atoms with E-state index in [9.17, 15) is 4.79 Å². The Balaban J connectivity index is 2.26. The van der Waals surface area contributed by atoms with Crippen molar-refractivity contribution >= 4 is 21.7 Å². The van der Waals surface area contributed by atoms with E-state index in [1.165, 1.54) is 11.1 Å². The SMILES string of the molecule is Cc1cc(Br)c(C(=O)C2CCNCC2)cc1C. The van der Waals surface area contributed by atoms with Gasteiger partial charge in [0.2, 0.25) is 0 Å². The van der Waals surface area contributed by atoms with Gasteiger partial charge in [-0.05, 0) is 63.0 Å². The number of benzene rings is 1. The van der Waals surface area contributed by atoms with Crippen LogP contribution in [0.5, 0.6) is 0 Å². The molecule has 1 aromatic rings. The van der Waals surface area contributed by atoms with Gasteiger partial charge in [-0.25, -0.2) is 0 Å². The minimum atomic E-state index is 0.189. The molecule has 0 bridgehead atoms. The topological polar surface area (TPSA) is 29.1 Å². The van der Waals surface area contributed by atoms with E-state index in [4.69, 9.17) is 0 Å². The first kappa shape index (κ1) is 12.8. The monoisotopic (exact) mass is 295 g/mol. The smallest absolute Gasteiger partial charge is 0.167 e. The van der Waals surface area contributed by atoms with Crippen LogP contribution in [-0.4, -0.2) is 18.9 Å². The van der Waals surface area contributed by atoms with Gasteiger partial charge in [0.15, 0.2) is 5.78 Å². The molecule has 1 heterocycles. The summed E-state index contributed by atoms with van der Waals surface area (Å²) in [6.45, 7) is 6.04. The van der Waals surface area contributed by atoms with Gasteiger partial charge in [0, 0.05) is 16.0 Å². The van der Waals surface area contributed by atoms with Crippen molar-refractivity contribution in [2.24, 2.45) is 5.92 Å². The Labute approximate surface area is 111 Å². The summed E-state index contributed by atoms with van der Waals surface area (Å²) < 4.78 is 0.934. The third-order valence-electron chi connectivity index (χ3n) is 3.56. The lowest BCUT2D eigenvalue weighted by atomic mass is 9.88. The minimum Gasteiger partial charge on any atom is -0.317 e. The summed E-state index contributed by atoms with van der Waals surface area (Å²) >= 11 is 3.51. The first-order valence-corrected chi connectivity index (χ1v) is 6.90. The second-order valence-electron chi connectivity index (χ2n) is 4.80. The molecule has 0 aliphatic carbocycles. The largest absolute Gasteiger partial charge is 0.317 e. The zero-order valence-corrected chi connectivity index (χ0v) is 11.9. The van der Waals surface area contributed by atoms with Gasteiger partial charge in [-0.15, -0.1) is 0 Å². The Morgan fingerprint density at radius 3 is 2.47 bits per heavy atom. The summed E-state index contributed by atoms with van der Waals surface area (Å²) in [5.74, 6) is 0.483. The molecule has 1 N–H and O–H groups in total. The molecule has 1 fully saturated rings. The summed E-state index contributed by atoms with van der Waals surface area (Å²) in [7, 11) is 0. The van der Waals surface area contributed by atoms with Crippen LogP contribution in [0.4, 0.5) is 0 Å². The molecule has 0 radical (unpaired) electrons. The highest BCUT2D eigenvalue weighted by Gasteiger charge is 2.23. The van der Waals surface area contributed by atoms with Gasteiger partial charge in [0.25, 0.3) is 0 Å². The van der Waals surface area contributed by atoms with Crippen LogP contribution in [0.3, 0.4) is 0 Å². The van der Waals surface area contributed by atoms with Crippen LogP contribution in [0.2, 0.25) is 0 Å². The standard InChI is InChI=1S/C14H18BrNO/c1-9-7-12(13(15)8-10(9)2)14(17)11-3-5-16-6-4-11/h7-8,11,16H,3-6H2,1-2H3. The summed E-state index contributed by atoms with van der Waals surface area (Å²) in [5.41, 5.74) is 3.25.